The lowest BCUT2D eigenvalue weighted by Gasteiger charge is -2.30. The van der Waals surface area contributed by atoms with Gasteiger partial charge in [0.2, 0.25) is 0 Å². The van der Waals surface area contributed by atoms with Gasteiger partial charge in [-0.1, -0.05) is 32.3 Å². The smallest absolute Gasteiger partial charge is 0.100 e. The van der Waals surface area contributed by atoms with Crippen molar-refractivity contribution in [2.75, 3.05) is 0 Å². The van der Waals surface area contributed by atoms with E-state index in [9.17, 15) is 4.39 Å². The Balaban J connectivity index is 2.09. The molecule has 1 saturated carbocycles. The summed E-state index contributed by atoms with van der Waals surface area (Å²) in [6, 6.07) is 0. The van der Waals surface area contributed by atoms with Crippen LogP contribution in [0.4, 0.5) is 4.39 Å². The summed E-state index contributed by atoms with van der Waals surface area (Å²) in [4.78, 5) is 0. The predicted molar refractivity (Wildman–Crippen MR) is 57.6 cm³/mol. The minimum Gasteiger partial charge on any atom is -0.212 e. The molecule has 0 heterocycles. The van der Waals surface area contributed by atoms with Crippen molar-refractivity contribution >= 4 is 0 Å². The molecule has 0 spiro atoms. The zero-order chi connectivity index (χ0) is 9.97. The number of hydrogen-bond acceptors (Lipinski definition) is 0. The Morgan fingerprint density at radius 1 is 1.29 bits per heavy atom. The van der Waals surface area contributed by atoms with Crippen molar-refractivity contribution < 1.29 is 4.39 Å². The SMILES string of the molecule is CC1CCCCC1C1=CCCC(F)=C1. The fourth-order valence-corrected chi connectivity index (χ4v) is 2.76. The first-order chi connectivity index (χ1) is 6.77. The maximum Gasteiger partial charge on any atom is 0.100 e. The summed E-state index contributed by atoms with van der Waals surface area (Å²) in [5, 5.41) is 0. The van der Waals surface area contributed by atoms with Gasteiger partial charge in [0.15, 0.2) is 0 Å². The molecule has 0 aliphatic heterocycles. The second-order valence-electron chi connectivity index (χ2n) is 4.70. The number of halogens is 1. The minimum atomic E-state index is 0.0836. The highest BCUT2D eigenvalue weighted by Gasteiger charge is 2.24. The van der Waals surface area contributed by atoms with Gasteiger partial charge < -0.3 is 0 Å². The topological polar surface area (TPSA) is 0 Å². The summed E-state index contributed by atoms with van der Waals surface area (Å²) in [5.41, 5.74) is 1.28. The lowest BCUT2D eigenvalue weighted by molar-refractivity contribution is 0.295. The van der Waals surface area contributed by atoms with E-state index in [1.165, 1.54) is 31.3 Å². The molecule has 0 nitrogen and oxygen atoms in total. The Morgan fingerprint density at radius 2 is 2.07 bits per heavy atom. The van der Waals surface area contributed by atoms with Crippen LogP contribution in [0.3, 0.4) is 0 Å². The molecular formula is C13H19F. The van der Waals surface area contributed by atoms with Crippen LogP contribution in [0.25, 0.3) is 0 Å². The highest BCUT2D eigenvalue weighted by Crippen LogP contribution is 2.37. The average Bonchev–Trinajstić information content (AvgIpc) is 2.18. The normalized spacial score (nSPS) is 33.6. The highest BCUT2D eigenvalue weighted by molar-refractivity contribution is 5.28. The van der Waals surface area contributed by atoms with Gasteiger partial charge in [-0.15, -0.1) is 0 Å². The fourth-order valence-electron chi connectivity index (χ4n) is 2.76. The third-order valence-corrected chi connectivity index (χ3v) is 3.63. The van der Waals surface area contributed by atoms with E-state index in [0.29, 0.717) is 12.3 Å². The summed E-state index contributed by atoms with van der Waals surface area (Å²) in [7, 11) is 0. The van der Waals surface area contributed by atoms with Gasteiger partial charge in [0.05, 0.1) is 0 Å². The van der Waals surface area contributed by atoms with Crippen molar-refractivity contribution in [2.45, 2.75) is 45.4 Å². The molecule has 0 aromatic carbocycles. The van der Waals surface area contributed by atoms with Gasteiger partial charge in [0.25, 0.3) is 0 Å². The Bertz CT molecular complexity index is 262. The van der Waals surface area contributed by atoms with Crippen molar-refractivity contribution in [3.63, 3.8) is 0 Å². The van der Waals surface area contributed by atoms with Crippen LogP contribution in [0.2, 0.25) is 0 Å². The number of rotatable bonds is 1. The van der Waals surface area contributed by atoms with Crippen molar-refractivity contribution in [3.05, 3.63) is 23.6 Å². The number of hydrogen-bond donors (Lipinski definition) is 0. The van der Waals surface area contributed by atoms with Gasteiger partial charge in [0.1, 0.15) is 5.83 Å². The quantitative estimate of drug-likeness (QED) is 0.581. The van der Waals surface area contributed by atoms with Crippen molar-refractivity contribution in [1.82, 2.24) is 0 Å². The van der Waals surface area contributed by atoms with Crippen molar-refractivity contribution in [1.29, 1.82) is 0 Å². The van der Waals surface area contributed by atoms with Crippen LogP contribution in [0.5, 0.6) is 0 Å². The standard InChI is InChI=1S/C13H19F/c1-10-5-2-3-8-13(10)11-6-4-7-12(14)9-11/h6,9-10,13H,2-5,7-8H2,1H3. The molecule has 0 bridgehead atoms. The van der Waals surface area contributed by atoms with E-state index in [4.69, 9.17) is 0 Å². The van der Waals surface area contributed by atoms with Gasteiger partial charge >= 0.3 is 0 Å². The number of allylic oxidation sites excluding steroid dienone is 4. The Kier molecular flexibility index (Phi) is 3.05. The lowest BCUT2D eigenvalue weighted by atomic mass is 9.75. The Labute approximate surface area is 85.9 Å². The van der Waals surface area contributed by atoms with Crippen LogP contribution < -0.4 is 0 Å². The molecular weight excluding hydrogens is 175 g/mol. The van der Waals surface area contributed by atoms with Crippen molar-refractivity contribution in [2.24, 2.45) is 11.8 Å². The van der Waals surface area contributed by atoms with Gasteiger partial charge in [-0.2, -0.15) is 0 Å². The molecule has 0 aromatic rings. The van der Waals surface area contributed by atoms with Crippen molar-refractivity contribution in [3.8, 4) is 0 Å². The summed E-state index contributed by atoms with van der Waals surface area (Å²) < 4.78 is 13.1. The monoisotopic (exact) mass is 194 g/mol. The highest BCUT2D eigenvalue weighted by atomic mass is 19.1. The first-order valence-electron chi connectivity index (χ1n) is 5.83. The van der Waals surface area contributed by atoms with E-state index in [-0.39, 0.29) is 5.83 Å². The summed E-state index contributed by atoms with van der Waals surface area (Å²) in [5.74, 6) is 1.47. The second kappa shape index (κ2) is 4.29. The van der Waals surface area contributed by atoms with Crippen LogP contribution in [-0.4, -0.2) is 0 Å². The van der Waals surface area contributed by atoms with Gasteiger partial charge in [-0.05, 0) is 36.3 Å². The molecule has 1 heteroatoms. The Morgan fingerprint density at radius 3 is 2.79 bits per heavy atom. The van der Waals surface area contributed by atoms with Crippen LogP contribution in [0.1, 0.15) is 45.4 Å². The maximum absolute atomic E-state index is 13.1. The van der Waals surface area contributed by atoms with Crippen LogP contribution >= 0.6 is 0 Å². The van der Waals surface area contributed by atoms with E-state index < -0.39 is 0 Å². The van der Waals surface area contributed by atoms with E-state index in [2.05, 4.69) is 13.0 Å². The fraction of sp³-hybridized carbons (Fsp3) is 0.692. The van der Waals surface area contributed by atoms with Gasteiger partial charge in [-0.25, -0.2) is 4.39 Å². The summed E-state index contributed by atoms with van der Waals surface area (Å²) >= 11 is 0. The molecule has 2 aliphatic carbocycles. The zero-order valence-electron chi connectivity index (χ0n) is 8.93. The zero-order valence-corrected chi connectivity index (χ0v) is 8.93. The molecule has 1 fully saturated rings. The summed E-state index contributed by atoms with van der Waals surface area (Å²) in [6.07, 6.45) is 10.8. The molecule has 78 valence electrons. The molecule has 2 atom stereocenters. The van der Waals surface area contributed by atoms with E-state index in [0.717, 1.165) is 12.3 Å². The molecule has 2 rings (SSSR count). The first-order valence-corrected chi connectivity index (χ1v) is 5.83. The van der Waals surface area contributed by atoms with Crippen LogP contribution in [0, 0.1) is 11.8 Å². The lowest BCUT2D eigenvalue weighted by Crippen LogP contribution is -2.18. The minimum absolute atomic E-state index is 0.0836. The summed E-state index contributed by atoms with van der Waals surface area (Å²) in [6.45, 7) is 2.31. The molecule has 0 aromatic heterocycles. The molecule has 2 aliphatic rings. The predicted octanol–water partition coefficient (Wildman–Crippen LogP) is 4.39. The third kappa shape index (κ3) is 2.08. The molecule has 0 radical (unpaired) electrons. The Hall–Kier alpha value is -0.590. The first kappa shape index (κ1) is 9.95. The molecule has 0 amide bonds. The van der Waals surface area contributed by atoms with Crippen LogP contribution in [-0.2, 0) is 0 Å². The average molecular weight is 194 g/mol. The molecule has 0 saturated heterocycles. The second-order valence-corrected chi connectivity index (χ2v) is 4.70. The van der Waals surface area contributed by atoms with Gasteiger partial charge in [0, 0.05) is 6.42 Å². The molecule has 14 heavy (non-hydrogen) atoms. The van der Waals surface area contributed by atoms with E-state index in [1.807, 2.05) is 0 Å². The molecule has 0 N–H and O–H groups in total. The largest absolute Gasteiger partial charge is 0.212 e. The third-order valence-electron chi connectivity index (χ3n) is 3.63. The molecule has 2 unspecified atom stereocenters. The van der Waals surface area contributed by atoms with Crippen LogP contribution in [0.15, 0.2) is 23.6 Å². The van der Waals surface area contributed by atoms with E-state index >= 15 is 0 Å². The van der Waals surface area contributed by atoms with Gasteiger partial charge in [-0.3, -0.25) is 0 Å². The maximum atomic E-state index is 13.1. The van der Waals surface area contributed by atoms with E-state index in [1.54, 1.807) is 6.08 Å².